The summed E-state index contributed by atoms with van der Waals surface area (Å²) < 4.78 is 0. The van der Waals surface area contributed by atoms with Crippen LogP contribution in [0.5, 0.6) is 0 Å². The number of amidine groups is 1. The highest BCUT2D eigenvalue weighted by atomic mass is 32.2. The molecule has 1 aromatic rings. The van der Waals surface area contributed by atoms with E-state index in [1.165, 1.54) is 11.8 Å². The van der Waals surface area contributed by atoms with Crippen LogP contribution < -0.4 is 5.32 Å². The summed E-state index contributed by atoms with van der Waals surface area (Å²) in [5, 5.41) is 12.9. The van der Waals surface area contributed by atoms with Crippen LogP contribution >= 0.6 is 23.1 Å². The van der Waals surface area contributed by atoms with Gasteiger partial charge in [-0.25, -0.2) is 0 Å². The molecule has 1 saturated heterocycles. The highest BCUT2D eigenvalue weighted by Gasteiger charge is 2.25. The minimum absolute atomic E-state index is 0.00919. The van der Waals surface area contributed by atoms with Gasteiger partial charge in [-0.3, -0.25) is 4.79 Å². The van der Waals surface area contributed by atoms with Gasteiger partial charge in [0.15, 0.2) is 5.17 Å². The fourth-order valence-corrected chi connectivity index (χ4v) is 2.34. The molecule has 1 atom stereocenters. The number of thiophene rings is 1. The number of carbonyl (C=O) groups excluding carboxylic acids is 1. The number of hydrogen-bond acceptors (Lipinski definition) is 5. The van der Waals surface area contributed by atoms with Crippen LogP contribution in [0.4, 0.5) is 0 Å². The zero-order chi connectivity index (χ0) is 10.7. The van der Waals surface area contributed by atoms with Crippen LogP contribution in [-0.2, 0) is 4.79 Å². The molecule has 1 fully saturated rings. The van der Waals surface area contributed by atoms with Crippen molar-refractivity contribution in [2.24, 2.45) is 10.2 Å². The van der Waals surface area contributed by atoms with Crippen molar-refractivity contribution >= 4 is 40.4 Å². The van der Waals surface area contributed by atoms with E-state index < -0.39 is 0 Å². The fourth-order valence-electron chi connectivity index (χ4n) is 1.01. The van der Waals surface area contributed by atoms with Gasteiger partial charge in [0.2, 0.25) is 5.91 Å². The van der Waals surface area contributed by atoms with Crippen molar-refractivity contribution in [3.8, 4) is 0 Å². The van der Waals surface area contributed by atoms with E-state index in [0.29, 0.717) is 5.17 Å². The number of nitrogens with zero attached hydrogens (tertiary/aromatic N) is 2. The molecule has 0 unspecified atom stereocenters. The normalized spacial score (nSPS) is 23.9. The van der Waals surface area contributed by atoms with Gasteiger partial charge in [0.25, 0.3) is 0 Å². The van der Waals surface area contributed by atoms with Crippen LogP contribution in [-0.4, -0.2) is 22.5 Å². The summed E-state index contributed by atoms with van der Waals surface area (Å²) >= 11 is 2.98. The molecule has 1 aliphatic heterocycles. The predicted molar refractivity (Wildman–Crippen MR) is 64.5 cm³/mol. The Hall–Kier alpha value is -1.14. The second kappa shape index (κ2) is 4.59. The second-order valence-electron chi connectivity index (χ2n) is 2.91. The molecule has 1 aliphatic rings. The van der Waals surface area contributed by atoms with Gasteiger partial charge in [0, 0.05) is 4.88 Å². The number of thioether (sulfide) groups is 1. The number of amides is 1. The highest BCUT2D eigenvalue weighted by Crippen LogP contribution is 2.18. The van der Waals surface area contributed by atoms with E-state index in [2.05, 4.69) is 15.5 Å². The first-order valence-electron chi connectivity index (χ1n) is 4.38. The lowest BCUT2D eigenvalue weighted by Gasteiger charge is -1.88. The highest BCUT2D eigenvalue weighted by molar-refractivity contribution is 8.15. The molecular weight excluding hydrogens is 230 g/mol. The molecule has 0 aliphatic carbocycles. The average molecular weight is 239 g/mol. The summed E-state index contributed by atoms with van der Waals surface area (Å²) in [5.41, 5.74) is 0. The number of carbonyl (C=O) groups is 1. The summed E-state index contributed by atoms with van der Waals surface area (Å²) in [6.45, 7) is 1.84. The van der Waals surface area contributed by atoms with Crippen molar-refractivity contribution in [2.75, 3.05) is 0 Å². The Balaban J connectivity index is 1.98. The second-order valence-corrected chi connectivity index (χ2v) is 5.22. The Labute approximate surface area is 95.5 Å². The summed E-state index contributed by atoms with van der Waals surface area (Å²) in [6.07, 6.45) is 1.67. The van der Waals surface area contributed by atoms with Crippen molar-refractivity contribution in [1.29, 1.82) is 0 Å². The van der Waals surface area contributed by atoms with Crippen molar-refractivity contribution in [2.45, 2.75) is 12.2 Å². The topological polar surface area (TPSA) is 53.8 Å². The summed E-state index contributed by atoms with van der Waals surface area (Å²) in [6, 6.07) is 3.91. The van der Waals surface area contributed by atoms with E-state index in [1.807, 2.05) is 24.4 Å². The number of rotatable bonds is 2. The molecule has 2 rings (SSSR count). The lowest BCUT2D eigenvalue weighted by Crippen LogP contribution is -2.23. The monoisotopic (exact) mass is 239 g/mol. The van der Waals surface area contributed by atoms with Gasteiger partial charge in [0.05, 0.1) is 11.5 Å². The first-order chi connectivity index (χ1) is 7.25. The minimum Gasteiger partial charge on any atom is -0.303 e. The number of nitrogens with one attached hydrogen (secondary N) is 1. The maximum Gasteiger partial charge on any atom is 0.239 e. The van der Waals surface area contributed by atoms with Gasteiger partial charge in [-0.15, -0.1) is 16.4 Å². The SMILES string of the molecule is C[C@H]1S/C(=N/N=C\c2cccs2)NC1=O. The zero-order valence-corrected chi connectivity index (χ0v) is 9.64. The van der Waals surface area contributed by atoms with E-state index in [1.54, 1.807) is 17.6 Å². The third-order valence-electron chi connectivity index (χ3n) is 1.76. The molecule has 15 heavy (non-hydrogen) atoms. The molecule has 0 radical (unpaired) electrons. The maximum absolute atomic E-state index is 11.1. The van der Waals surface area contributed by atoms with Crippen LogP contribution in [0.3, 0.4) is 0 Å². The van der Waals surface area contributed by atoms with Crippen molar-refractivity contribution in [1.82, 2.24) is 5.32 Å². The summed E-state index contributed by atoms with van der Waals surface area (Å²) in [5.74, 6) is -0.00919. The van der Waals surface area contributed by atoms with E-state index in [9.17, 15) is 4.79 Å². The Kier molecular flexibility index (Phi) is 3.17. The predicted octanol–water partition coefficient (Wildman–Crippen LogP) is 1.69. The molecule has 1 amide bonds. The average Bonchev–Trinajstić information content (AvgIpc) is 2.79. The van der Waals surface area contributed by atoms with E-state index in [0.717, 1.165) is 4.88 Å². The molecule has 0 spiro atoms. The first kappa shape index (κ1) is 10.4. The van der Waals surface area contributed by atoms with Crippen molar-refractivity contribution in [3.63, 3.8) is 0 Å². The molecule has 0 saturated carbocycles. The Morgan fingerprint density at radius 2 is 2.47 bits per heavy atom. The maximum atomic E-state index is 11.1. The molecule has 4 nitrogen and oxygen atoms in total. The van der Waals surface area contributed by atoms with Gasteiger partial charge in [0.1, 0.15) is 0 Å². The lowest BCUT2D eigenvalue weighted by atomic mass is 10.4. The zero-order valence-electron chi connectivity index (χ0n) is 8.01. The molecule has 0 bridgehead atoms. The van der Waals surface area contributed by atoms with Gasteiger partial charge in [-0.1, -0.05) is 17.8 Å². The van der Waals surface area contributed by atoms with E-state index >= 15 is 0 Å². The summed E-state index contributed by atoms with van der Waals surface area (Å²) in [4.78, 5) is 12.2. The molecule has 2 heterocycles. The third kappa shape index (κ3) is 2.66. The standard InChI is InChI=1S/C9H9N3OS2/c1-6-8(13)11-9(15-6)12-10-5-7-3-2-4-14-7/h2-6H,1H3,(H,11,12,13)/b10-5-/t6-/m1/s1. The third-order valence-corrected chi connectivity index (χ3v) is 3.55. The van der Waals surface area contributed by atoms with Crippen molar-refractivity contribution in [3.05, 3.63) is 22.4 Å². The molecule has 78 valence electrons. The molecule has 6 heteroatoms. The Morgan fingerprint density at radius 1 is 1.60 bits per heavy atom. The van der Waals surface area contributed by atoms with E-state index in [4.69, 9.17) is 0 Å². The molecular formula is C9H9N3OS2. The van der Waals surface area contributed by atoms with Gasteiger partial charge < -0.3 is 5.32 Å². The van der Waals surface area contributed by atoms with Crippen LogP contribution in [0, 0.1) is 0 Å². The lowest BCUT2D eigenvalue weighted by molar-refractivity contribution is -0.118. The van der Waals surface area contributed by atoms with E-state index in [-0.39, 0.29) is 11.2 Å². The smallest absolute Gasteiger partial charge is 0.239 e. The van der Waals surface area contributed by atoms with Crippen LogP contribution in [0.25, 0.3) is 0 Å². The fraction of sp³-hybridized carbons (Fsp3) is 0.222. The van der Waals surface area contributed by atoms with Gasteiger partial charge >= 0.3 is 0 Å². The Morgan fingerprint density at radius 3 is 3.07 bits per heavy atom. The quantitative estimate of drug-likeness (QED) is 0.630. The van der Waals surface area contributed by atoms with Gasteiger partial charge in [-0.2, -0.15) is 5.10 Å². The summed E-state index contributed by atoms with van der Waals surface area (Å²) in [7, 11) is 0. The first-order valence-corrected chi connectivity index (χ1v) is 6.13. The van der Waals surface area contributed by atoms with Crippen LogP contribution in [0.15, 0.2) is 27.7 Å². The number of hydrogen-bond donors (Lipinski definition) is 1. The largest absolute Gasteiger partial charge is 0.303 e. The van der Waals surface area contributed by atoms with Crippen molar-refractivity contribution < 1.29 is 4.79 Å². The molecule has 1 aromatic heterocycles. The Bertz CT molecular complexity index is 411. The molecule has 1 N–H and O–H groups in total. The van der Waals surface area contributed by atoms with Crippen LogP contribution in [0.2, 0.25) is 0 Å². The minimum atomic E-state index is -0.0688. The molecule has 0 aromatic carbocycles. The van der Waals surface area contributed by atoms with Crippen LogP contribution in [0.1, 0.15) is 11.8 Å². The van der Waals surface area contributed by atoms with Gasteiger partial charge in [-0.05, 0) is 18.4 Å².